The monoisotopic (exact) mass is 212 g/mol. The van der Waals surface area contributed by atoms with Crippen molar-refractivity contribution >= 4 is 17.9 Å². The summed E-state index contributed by atoms with van der Waals surface area (Å²) in [6, 6.07) is 10.4. The standard InChI is InChI=1S/C9H10S.CH2O3/c1-2-10-8-9-6-4-3-5-7-9;2-1(3)4/h2-7H,1,8H2;(H2,2,3,4). The molecule has 14 heavy (non-hydrogen) atoms. The fourth-order valence-corrected chi connectivity index (χ4v) is 1.30. The Kier molecular flexibility index (Phi) is 7.36. The Bertz CT molecular complexity index is 268. The first-order chi connectivity index (χ1) is 6.66. The normalized spacial score (nSPS) is 8.29. The Morgan fingerprint density at radius 3 is 2.43 bits per heavy atom. The lowest BCUT2D eigenvalue weighted by atomic mass is 10.2. The van der Waals surface area contributed by atoms with Gasteiger partial charge in [0.05, 0.1) is 0 Å². The van der Waals surface area contributed by atoms with Crippen LogP contribution in [-0.2, 0) is 17.5 Å². The van der Waals surface area contributed by atoms with Gasteiger partial charge in [-0.3, -0.25) is 0 Å². The van der Waals surface area contributed by atoms with Gasteiger partial charge < -0.3 is 15.0 Å². The van der Waals surface area contributed by atoms with Crippen LogP contribution in [0.15, 0.2) is 42.3 Å². The van der Waals surface area contributed by atoms with Crippen molar-refractivity contribution in [1.29, 1.82) is 0 Å². The fraction of sp³-hybridized carbons (Fsp3) is 0.100. The Morgan fingerprint density at radius 2 is 2.00 bits per heavy atom. The topological polar surface area (TPSA) is 60.4 Å². The van der Waals surface area contributed by atoms with Gasteiger partial charge in [-0.05, 0) is 0 Å². The zero-order valence-corrected chi connectivity index (χ0v) is 8.48. The van der Waals surface area contributed by atoms with E-state index in [0.717, 1.165) is 5.75 Å². The third kappa shape index (κ3) is 8.67. The molecule has 3 nitrogen and oxygen atoms in total. The van der Waals surface area contributed by atoms with Crippen LogP contribution in [0.4, 0.5) is 4.79 Å². The van der Waals surface area contributed by atoms with Crippen LogP contribution in [0.2, 0.25) is 0 Å². The molecule has 4 heteroatoms. The second-order valence-electron chi connectivity index (χ2n) is 2.27. The molecule has 0 saturated carbocycles. The number of hydrogen-bond donors (Lipinski definition) is 1. The number of carbonyl (C=O) groups is 1. The van der Waals surface area contributed by atoms with E-state index in [1.54, 1.807) is 0 Å². The minimum atomic E-state index is -2.08. The summed E-state index contributed by atoms with van der Waals surface area (Å²) in [6.45, 7) is 3.66. The van der Waals surface area contributed by atoms with E-state index < -0.39 is 6.16 Å². The van der Waals surface area contributed by atoms with E-state index in [-0.39, 0.29) is 0 Å². The van der Waals surface area contributed by atoms with Gasteiger partial charge in [-0.15, -0.1) is 0 Å². The van der Waals surface area contributed by atoms with E-state index in [2.05, 4.69) is 30.8 Å². The molecule has 0 aliphatic carbocycles. The molecule has 0 heterocycles. The van der Waals surface area contributed by atoms with E-state index in [0.29, 0.717) is 0 Å². The maximum atomic E-state index is 8.44. The molecule has 0 bridgehead atoms. The molecular formula is C10H12O3S. The van der Waals surface area contributed by atoms with E-state index in [9.17, 15) is 0 Å². The zero-order valence-electron chi connectivity index (χ0n) is 7.59. The van der Waals surface area contributed by atoms with Gasteiger partial charge in [0.1, 0.15) is 11.2 Å². The van der Waals surface area contributed by atoms with Crippen LogP contribution >= 0.6 is 0 Å². The molecule has 0 fully saturated rings. The number of rotatable bonds is 3. The molecule has 76 valence electrons. The molecule has 0 saturated heterocycles. The largest absolute Gasteiger partial charge is 0.565 e. The number of benzene rings is 1. The van der Waals surface area contributed by atoms with Crippen LogP contribution in [-0.4, -0.2) is 11.3 Å². The number of hydrogen-bond acceptors (Lipinski definition) is 2. The van der Waals surface area contributed by atoms with Gasteiger partial charge in [-0.1, -0.05) is 36.9 Å². The molecule has 1 N–H and O–H groups in total. The SMILES string of the molecule is C=C[SH+]Cc1ccccc1.O=C([O-])O. The fourth-order valence-electron chi connectivity index (χ4n) is 0.753. The molecule has 0 atom stereocenters. The van der Waals surface area contributed by atoms with Gasteiger partial charge in [0, 0.05) is 17.3 Å². The Labute approximate surface area is 87.1 Å². The van der Waals surface area contributed by atoms with Crippen LogP contribution in [0.5, 0.6) is 0 Å². The lowest BCUT2D eigenvalue weighted by molar-refractivity contribution is -0.275. The van der Waals surface area contributed by atoms with Crippen LogP contribution in [0.25, 0.3) is 0 Å². The average Bonchev–Trinajstić information content (AvgIpc) is 2.15. The minimum absolute atomic E-state index is 1.09. The highest BCUT2D eigenvalue weighted by molar-refractivity contribution is 7.80. The summed E-state index contributed by atoms with van der Waals surface area (Å²) in [7, 11) is 0. The molecule has 0 aromatic heterocycles. The Balaban J connectivity index is 0.000000364. The van der Waals surface area contributed by atoms with Gasteiger partial charge in [0.15, 0.2) is 0 Å². The summed E-state index contributed by atoms with van der Waals surface area (Å²) >= 11 is 1.29. The number of thiol groups is 1. The number of carboxylic acid groups (broad SMARTS) is 2. The lowest BCUT2D eigenvalue weighted by Crippen LogP contribution is -2.17. The quantitative estimate of drug-likeness (QED) is 0.601. The third-order valence-corrected chi connectivity index (χ3v) is 2.05. The second-order valence-corrected chi connectivity index (χ2v) is 3.32. The molecule has 0 unspecified atom stereocenters. The highest BCUT2D eigenvalue weighted by Gasteiger charge is 1.92. The van der Waals surface area contributed by atoms with Crippen LogP contribution < -0.4 is 5.11 Å². The Hall–Kier alpha value is -1.42. The third-order valence-electron chi connectivity index (χ3n) is 1.25. The molecule has 1 rings (SSSR count). The molecular weight excluding hydrogens is 200 g/mol. The van der Waals surface area contributed by atoms with Crippen LogP contribution in [0.3, 0.4) is 0 Å². The first-order valence-corrected chi connectivity index (χ1v) is 5.03. The Morgan fingerprint density at radius 1 is 1.50 bits per heavy atom. The molecule has 0 aliphatic rings. The maximum Gasteiger partial charge on any atom is 0.249 e. The highest BCUT2D eigenvalue weighted by atomic mass is 32.2. The van der Waals surface area contributed by atoms with Crippen LogP contribution in [0, 0.1) is 0 Å². The van der Waals surface area contributed by atoms with Gasteiger partial charge in [-0.25, -0.2) is 0 Å². The van der Waals surface area contributed by atoms with Crippen molar-refractivity contribution in [2.24, 2.45) is 0 Å². The van der Waals surface area contributed by atoms with Crippen molar-refractivity contribution in [3.05, 3.63) is 47.9 Å². The van der Waals surface area contributed by atoms with Crippen molar-refractivity contribution in [2.45, 2.75) is 5.75 Å². The summed E-state index contributed by atoms with van der Waals surface area (Å²) < 4.78 is 0. The molecule has 1 aromatic rings. The van der Waals surface area contributed by atoms with E-state index in [1.807, 2.05) is 11.5 Å². The first-order valence-electron chi connectivity index (χ1n) is 3.88. The van der Waals surface area contributed by atoms with E-state index in [1.165, 1.54) is 17.3 Å². The van der Waals surface area contributed by atoms with Crippen molar-refractivity contribution in [3.8, 4) is 0 Å². The van der Waals surface area contributed by atoms with E-state index in [4.69, 9.17) is 15.0 Å². The summed E-state index contributed by atoms with van der Waals surface area (Å²) in [6.07, 6.45) is -2.08. The minimum Gasteiger partial charge on any atom is -0.565 e. The molecule has 0 radical (unpaired) electrons. The lowest BCUT2D eigenvalue weighted by Gasteiger charge is -1.88. The van der Waals surface area contributed by atoms with Crippen molar-refractivity contribution < 1.29 is 15.0 Å². The summed E-state index contributed by atoms with van der Waals surface area (Å²) in [5.74, 6) is 1.09. The van der Waals surface area contributed by atoms with Crippen molar-refractivity contribution in [2.75, 3.05) is 0 Å². The predicted molar refractivity (Wildman–Crippen MR) is 57.1 cm³/mol. The first kappa shape index (κ1) is 12.6. The second kappa shape index (κ2) is 8.19. The van der Waals surface area contributed by atoms with E-state index >= 15 is 0 Å². The molecule has 1 aromatic carbocycles. The average molecular weight is 212 g/mol. The van der Waals surface area contributed by atoms with Gasteiger partial charge in [0.2, 0.25) is 6.16 Å². The summed E-state index contributed by atoms with van der Waals surface area (Å²) in [5, 5.41) is 17.2. The molecule has 0 aliphatic heterocycles. The highest BCUT2D eigenvalue weighted by Crippen LogP contribution is 2.00. The van der Waals surface area contributed by atoms with Gasteiger partial charge >= 0.3 is 0 Å². The van der Waals surface area contributed by atoms with Crippen molar-refractivity contribution in [1.82, 2.24) is 0 Å². The smallest absolute Gasteiger partial charge is 0.249 e. The maximum absolute atomic E-state index is 8.44. The molecule has 0 amide bonds. The zero-order chi connectivity index (χ0) is 10.8. The predicted octanol–water partition coefficient (Wildman–Crippen LogP) is 1.03. The van der Waals surface area contributed by atoms with Gasteiger partial charge in [-0.2, -0.15) is 0 Å². The van der Waals surface area contributed by atoms with Crippen LogP contribution in [0.1, 0.15) is 5.56 Å². The van der Waals surface area contributed by atoms with Crippen molar-refractivity contribution in [3.63, 3.8) is 0 Å². The van der Waals surface area contributed by atoms with Gasteiger partial charge in [0.25, 0.3) is 0 Å². The summed E-state index contributed by atoms with van der Waals surface area (Å²) in [4.78, 5) is 8.44. The summed E-state index contributed by atoms with van der Waals surface area (Å²) in [5.41, 5.74) is 1.38. The molecule has 0 spiro atoms.